The largest absolute Gasteiger partial charge is 0.495 e. The second kappa shape index (κ2) is 13.9. The Morgan fingerprint density at radius 2 is 1.68 bits per heavy atom. The van der Waals surface area contributed by atoms with Crippen LogP contribution in [0.1, 0.15) is 75.2 Å². The van der Waals surface area contributed by atoms with E-state index in [4.69, 9.17) is 4.74 Å². The molecule has 5 N–H and O–H groups in total. The number of nitrogens with one attached hydrogen (secondary N) is 5. The Balaban J connectivity index is 1.52. The van der Waals surface area contributed by atoms with Crippen molar-refractivity contribution in [1.29, 1.82) is 0 Å². The van der Waals surface area contributed by atoms with Crippen LogP contribution in [-0.4, -0.2) is 77.7 Å². The number of rotatable bonds is 8. The minimum absolute atomic E-state index is 0.0841. The molecule has 0 spiro atoms. The van der Waals surface area contributed by atoms with E-state index in [1.807, 2.05) is 27.8 Å². The molecular formula is C30H43F3N8O3. The molecule has 4 rings (SSSR count). The molecule has 1 aliphatic carbocycles. The number of alkyl halides is 3. The number of halogens is 3. The van der Waals surface area contributed by atoms with Crippen molar-refractivity contribution in [3.8, 4) is 5.75 Å². The lowest BCUT2D eigenvalue weighted by Crippen LogP contribution is -2.55. The lowest BCUT2D eigenvalue weighted by atomic mass is 9.90. The van der Waals surface area contributed by atoms with Crippen molar-refractivity contribution in [3.05, 3.63) is 35.5 Å². The first-order chi connectivity index (χ1) is 20.7. The van der Waals surface area contributed by atoms with Crippen LogP contribution in [0.25, 0.3) is 0 Å². The number of urea groups is 1. The molecule has 0 bridgehead atoms. The number of nitrogens with zero attached hydrogens (tertiary/aromatic N) is 3. The SMILES string of the molecule is COc1cc(C(=O)NC2CCN(C)CC2)ccc1Nc1ncc(C(F)(F)F)c(N[C@@H]2CCCC[C@H]2NC(=O)NC(C)(C)C)n1. The Morgan fingerprint density at radius 3 is 2.32 bits per heavy atom. The van der Waals surface area contributed by atoms with Crippen molar-refractivity contribution in [2.45, 2.75) is 89.1 Å². The molecule has 2 atom stereocenters. The first-order valence-corrected chi connectivity index (χ1v) is 15.0. The van der Waals surface area contributed by atoms with E-state index in [0.717, 1.165) is 45.0 Å². The maximum absolute atomic E-state index is 14.0. The Morgan fingerprint density at radius 1 is 1.00 bits per heavy atom. The number of aromatic nitrogens is 2. The molecule has 2 fully saturated rings. The standard InChI is InChI=1S/C30H43F3N8O3/c1-29(2,3)40-28(43)38-22-9-7-6-8-21(22)36-25-20(30(31,32)33)17-34-27(39-25)37-23-11-10-18(16-24(23)44-5)26(42)35-19-12-14-41(4)15-13-19/h10-11,16-17,19,21-22H,6-9,12-15H2,1-5H3,(H,35,42)(H2,38,40,43)(H2,34,36,37,39)/t21-,22-/m1/s1. The van der Waals surface area contributed by atoms with Crippen LogP contribution in [0, 0.1) is 0 Å². The molecule has 2 heterocycles. The molecule has 1 saturated heterocycles. The van der Waals surface area contributed by atoms with Gasteiger partial charge in [0.1, 0.15) is 17.1 Å². The molecule has 1 aromatic heterocycles. The number of hydrogen-bond donors (Lipinski definition) is 5. The van der Waals surface area contributed by atoms with Crippen molar-refractivity contribution in [2.24, 2.45) is 0 Å². The van der Waals surface area contributed by atoms with E-state index in [1.54, 1.807) is 18.2 Å². The Bertz CT molecular complexity index is 1310. The zero-order valence-corrected chi connectivity index (χ0v) is 25.9. The quantitative estimate of drug-likeness (QED) is 0.282. The predicted molar refractivity (Wildman–Crippen MR) is 162 cm³/mol. The zero-order valence-electron chi connectivity index (χ0n) is 25.9. The summed E-state index contributed by atoms with van der Waals surface area (Å²) in [6, 6.07) is 3.61. The van der Waals surface area contributed by atoms with Gasteiger partial charge in [-0.15, -0.1) is 0 Å². The summed E-state index contributed by atoms with van der Waals surface area (Å²) in [4.78, 5) is 35.8. The van der Waals surface area contributed by atoms with Gasteiger partial charge in [-0.05, 0) is 84.8 Å². The summed E-state index contributed by atoms with van der Waals surface area (Å²) in [5.41, 5.74) is -0.702. The summed E-state index contributed by atoms with van der Waals surface area (Å²) in [5, 5.41) is 14.7. The van der Waals surface area contributed by atoms with Gasteiger partial charge in [0.2, 0.25) is 5.95 Å². The van der Waals surface area contributed by atoms with Crippen LogP contribution >= 0.6 is 0 Å². The number of carbonyl (C=O) groups excluding carboxylic acids is 2. The number of amides is 3. The fourth-order valence-corrected chi connectivity index (χ4v) is 5.43. The number of piperidine rings is 1. The molecule has 0 radical (unpaired) electrons. The molecule has 0 unspecified atom stereocenters. The van der Waals surface area contributed by atoms with Crippen molar-refractivity contribution in [3.63, 3.8) is 0 Å². The van der Waals surface area contributed by atoms with Gasteiger partial charge in [0.25, 0.3) is 5.91 Å². The van der Waals surface area contributed by atoms with Crippen molar-refractivity contribution in [1.82, 2.24) is 30.8 Å². The number of hydrogen-bond acceptors (Lipinski definition) is 8. The van der Waals surface area contributed by atoms with Crippen LogP contribution in [0.15, 0.2) is 24.4 Å². The summed E-state index contributed by atoms with van der Waals surface area (Å²) in [7, 11) is 3.48. The molecule has 2 aromatic rings. The lowest BCUT2D eigenvalue weighted by molar-refractivity contribution is -0.137. The molecule has 14 heteroatoms. The number of benzene rings is 1. The topological polar surface area (TPSA) is 133 Å². The molecule has 1 aromatic carbocycles. The first-order valence-electron chi connectivity index (χ1n) is 15.0. The van der Waals surface area contributed by atoms with Gasteiger partial charge in [-0.2, -0.15) is 18.2 Å². The minimum Gasteiger partial charge on any atom is -0.495 e. The second-order valence-corrected chi connectivity index (χ2v) is 12.5. The van der Waals surface area contributed by atoms with Crippen molar-refractivity contribution >= 4 is 29.4 Å². The smallest absolute Gasteiger partial charge is 0.421 e. The molecule has 1 aliphatic heterocycles. The molecule has 242 valence electrons. The molecule has 44 heavy (non-hydrogen) atoms. The van der Waals surface area contributed by atoms with E-state index >= 15 is 0 Å². The average Bonchev–Trinajstić information content (AvgIpc) is 2.94. The maximum Gasteiger partial charge on any atom is 0.421 e. The van der Waals surface area contributed by atoms with Gasteiger partial charge in [-0.3, -0.25) is 4.79 Å². The van der Waals surface area contributed by atoms with Crippen molar-refractivity contribution in [2.75, 3.05) is 37.9 Å². The third-order valence-corrected chi connectivity index (χ3v) is 7.75. The number of anilines is 3. The predicted octanol–water partition coefficient (Wildman–Crippen LogP) is 4.89. The summed E-state index contributed by atoms with van der Waals surface area (Å²) < 4.78 is 47.5. The zero-order chi connectivity index (χ0) is 32.1. The van der Waals surface area contributed by atoms with Crippen molar-refractivity contribution < 1.29 is 27.5 Å². The highest BCUT2D eigenvalue weighted by Crippen LogP contribution is 2.36. The number of carbonyl (C=O) groups is 2. The highest BCUT2D eigenvalue weighted by Gasteiger charge is 2.37. The Hall–Kier alpha value is -3.81. The van der Waals surface area contributed by atoms with Gasteiger partial charge in [-0.1, -0.05) is 12.8 Å². The number of methoxy groups -OCH3 is 1. The summed E-state index contributed by atoms with van der Waals surface area (Å²) in [5.74, 6) is -0.403. The molecular weight excluding hydrogens is 577 g/mol. The highest BCUT2D eigenvalue weighted by atomic mass is 19.4. The maximum atomic E-state index is 14.0. The molecule has 2 aliphatic rings. The monoisotopic (exact) mass is 620 g/mol. The lowest BCUT2D eigenvalue weighted by Gasteiger charge is -2.34. The van der Waals surface area contributed by atoms with E-state index < -0.39 is 35.2 Å². The highest BCUT2D eigenvalue weighted by molar-refractivity contribution is 5.95. The van der Waals surface area contributed by atoms with E-state index in [1.165, 1.54) is 7.11 Å². The summed E-state index contributed by atoms with van der Waals surface area (Å²) in [6.45, 7) is 7.36. The fraction of sp³-hybridized carbons (Fsp3) is 0.600. The van der Waals surface area contributed by atoms with E-state index in [2.05, 4.69) is 41.5 Å². The fourth-order valence-electron chi connectivity index (χ4n) is 5.43. The first kappa shape index (κ1) is 33.1. The van der Waals surface area contributed by atoms with Gasteiger partial charge in [0.05, 0.1) is 18.8 Å². The number of likely N-dealkylation sites (tertiary alicyclic amines) is 1. The van der Waals surface area contributed by atoms with Gasteiger partial charge in [0.15, 0.2) is 0 Å². The van der Waals surface area contributed by atoms with Crippen LogP contribution < -0.4 is 31.3 Å². The van der Waals surface area contributed by atoms with Gasteiger partial charge in [-0.25, -0.2) is 9.78 Å². The van der Waals surface area contributed by atoms with Crippen LogP contribution in [0.5, 0.6) is 5.75 Å². The average molecular weight is 621 g/mol. The second-order valence-electron chi connectivity index (χ2n) is 12.5. The third-order valence-electron chi connectivity index (χ3n) is 7.75. The summed E-state index contributed by atoms with van der Waals surface area (Å²) in [6.07, 6.45) is 0.552. The normalized spacial score (nSPS) is 20.0. The third kappa shape index (κ3) is 9.10. The van der Waals surface area contributed by atoms with Crippen LogP contribution in [0.4, 0.5) is 35.4 Å². The summed E-state index contributed by atoms with van der Waals surface area (Å²) >= 11 is 0. The van der Waals surface area contributed by atoms with Gasteiger partial charge in [0, 0.05) is 29.4 Å². The van der Waals surface area contributed by atoms with E-state index in [-0.39, 0.29) is 23.9 Å². The minimum atomic E-state index is -4.71. The molecule has 11 nitrogen and oxygen atoms in total. The van der Waals surface area contributed by atoms with Crippen LogP contribution in [-0.2, 0) is 6.18 Å². The Kier molecular flexibility index (Phi) is 10.4. The Labute approximate surface area is 256 Å². The van der Waals surface area contributed by atoms with Gasteiger partial charge >= 0.3 is 12.2 Å². The molecule has 3 amide bonds. The van der Waals surface area contributed by atoms with Crippen LogP contribution in [0.2, 0.25) is 0 Å². The van der Waals surface area contributed by atoms with Crippen LogP contribution in [0.3, 0.4) is 0 Å². The number of ether oxygens (including phenoxy) is 1. The van der Waals surface area contributed by atoms with E-state index in [0.29, 0.717) is 29.8 Å². The molecule has 1 saturated carbocycles. The van der Waals surface area contributed by atoms with E-state index in [9.17, 15) is 22.8 Å². The van der Waals surface area contributed by atoms with Gasteiger partial charge < -0.3 is 36.2 Å².